The molecule has 2 aromatic heterocycles. The second kappa shape index (κ2) is 5.49. The Hall–Kier alpha value is -3.14. The Morgan fingerprint density at radius 2 is 1.46 bits per heavy atom. The topological polar surface area (TPSA) is 56.7 Å². The third-order valence-corrected chi connectivity index (χ3v) is 4.43. The lowest BCUT2D eigenvalue weighted by Crippen LogP contribution is -2.01. The molecule has 0 saturated heterocycles. The molecule has 0 spiro atoms. The lowest BCUT2D eigenvalue weighted by Gasteiger charge is -2.09. The highest BCUT2D eigenvalue weighted by Crippen LogP contribution is 2.32. The number of aryl methyl sites for hydroxylation is 1. The van der Waals surface area contributed by atoms with E-state index in [9.17, 15) is 0 Å². The van der Waals surface area contributed by atoms with Crippen LogP contribution in [-0.2, 0) is 0 Å². The van der Waals surface area contributed by atoms with Gasteiger partial charge in [0, 0.05) is 16.9 Å². The fraction of sp³-hybridized carbons (Fsp3) is 0.100. The third-order valence-electron chi connectivity index (χ3n) is 4.43. The number of hydrogen-bond donors (Lipinski definition) is 1. The van der Waals surface area contributed by atoms with Gasteiger partial charge >= 0.3 is 0 Å². The molecular formula is C20H18N4. The number of fused-ring (bicyclic) bond motifs is 1. The van der Waals surface area contributed by atoms with E-state index in [0.29, 0.717) is 11.6 Å². The zero-order valence-electron chi connectivity index (χ0n) is 13.7. The first-order valence-electron chi connectivity index (χ1n) is 7.93. The first-order valence-corrected chi connectivity index (χ1v) is 7.93. The van der Waals surface area contributed by atoms with Gasteiger partial charge in [0.05, 0.1) is 5.39 Å². The first-order chi connectivity index (χ1) is 11.7. The van der Waals surface area contributed by atoms with Crippen molar-refractivity contribution in [2.45, 2.75) is 13.8 Å². The van der Waals surface area contributed by atoms with Gasteiger partial charge in [-0.2, -0.15) is 0 Å². The molecule has 2 heterocycles. The number of benzene rings is 2. The molecule has 0 saturated carbocycles. The molecule has 2 N–H and O–H groups in total. The molecule has 0 amide bonds. The highest BCUT2D eigenvalue weighted by Gasteiger charge is 2.18. The molecule has 0 bridgehead atoms. The predicted octanol–water partition coefficient (Wildman–Crippen LogP) is 4.29. The maximum atomic E-state index is 6.29. The van der Waals surface area contributed by atoms with Crippen molar-refractivity contribution in [3.05, 3.63) is 71.9 Å². The van der Waals surface area contributed by atoms with E-state index in [0.717, 1.165) is 33.5 Å². The van der Waals surface area contributed by atoms with Crippen molar-refractivity contribution >= 4 is 16.9 Å². The molecule has 4 nitrogen and oxygen atoms in total. The fourth-order valence-electron chi connectivity index (χ4n) is 3.10. The van der Waals surface area contributed by atoms with Crippen LogP contribution in [0.5, 0.6) is 0 Å². The summed E-state index contributed by atoms with van der Waals surface area (Å²) in [7, 11) is 0. The summed E-state index contributed by atoms with van der Waals surface area (Å²) in [6.45, 7) is 4.16. The molecule has 4 heteroatoms. The Balaban J connectivity index is 2.07. The SMILES string of the molecule is Cc1c(C)n(-c2ccccc2)c2nc(-c3ccccc3)nc(N)c12. The van der Waals surface area contributed by atoms with Gasteiger partial charge in [0.1, 0.15) is 5.82 Å². The number of nitrogen functional groups attached to an aromatic ring is 1. The van der Waals surface area contributed by atoms with Gasteiger partial charge in [-0.15, -0.1) is 0 Å². The van der Waals surface area contributed by atoms with E-state index >= 15 is 0 Å². The van der Waals surface area contributed by atoms with Crippen LogP contribution in [0, 0.1) is 13.8 Å². The molecule has 4 aromatic rings. The maximum absolute atomic E-state index is 6.29. The third kappa shape index (κ3) is 2.15. The van der Waals surface area contributed by atoms with Gasteiger partial charge in [0.2, 0.25) is 0 Å². The van der Waals surface area contributed by atoms with E-state index in [2.05, 4.69) is 35.5 Å². The molecule has 0 aliphatic rings. The van der Waals surface area contributed by atoms with Crippen LogP contribution in [0.4, 0.5) is 5.82 Å². The van der Waals surface area contributed by atoms with Crippen molar-refractivity contribution in [1.29, 1.82) is 0 Å². The molecule has 0 atom stereocenters. The van der Waals surface area contributed by atoms with Crippen LogP contribution in [0.2, 0.25) is 0 Å². The fourth-order valence-corrected chi connectivity index (χ4v) is 3.10. The molecule has 118 valence electrons. The highest BCUT2D eigenvalue weighted by molar-refractivity contribution is 5.93. The average Bonchev–Trinajstić information content (AvgIpc) is 2.88. The Morgan fingerprint density at radius 3 is 2.12 bits per heavy atom. The van der Waals surface area contributed by atoms with Gasteiger partial charge in [-0.05, 0) is 31.5 Å². The van der Waals surface area contributed by atoms with E-state index in [4.69, 9.17) is 10.7 Å². The maximum Gasteiger partial charge on any atom is 0.163 e. The molecule has 0 radical (unpaired) electrons. The Labute approximate surface area is 140 Å². The minimum absolute atomic E-state index is 0.522. The van der Waals surface area contributed by atoms with Gasteiger partial charge in [0.15, 0.2) is 11.5 Å². The lowest BCUT2D eigenvalue weighted by molar-refractivity contribution is 1.02. The summed E-state index contributed by atoms with van der Waals surface area (Å²) in [5, 5.41) is 0.927. The molecule has 0 unspecified atom stereocenters. The largest absolute Gasteiger partial charge is 0.383 e. The number of hydrogen-bond acceptors (Lipinski definition) is 3. The number of aromatic nitrogens is 3. The smallest absolute Gasteiger partial charge is 0.163 e. The minimum atomic E-state index is 0.522. The van der Waals surface area contributed by atoms with Crippen molar-refractivity contribution in [1.82, 2.24) is 14.5 Å². The number of nitrogens with zero attached hydrogens (tertiary/aromatic N) is 3. The van der Waals surface area contributed by atoms with E-state index in [1.54, 1.807) is 0 Å². The van der Waals surface area contributed by atoms with E-state index in [1.165, 1.54) is 0 Å². The summed E-state index contributed by atoms with van der Waals surface area (Å²) in [5.41, 5.74) is 11.4. The monoisotopic (exact) mass is 314 g/mol. The lowest BCUT2D eigenvalue weighted by atomic mass is 10.2. The zero-order chi connectivity index (χ0) is 16.7. The molecule has 0 aliphatic heterocycles. The summed E-state index contributed by atoms with van der Waals surface area (Å²) in [6, 6.07) is 20.1. The summed E-state index contributed by atoms with van der Waals surface area (Å²) < 4.78 is 2.15. The van der Waals surface area contributed by atoms with Crippen LogP contribution in [0.3, 0.4) is 0 Å². The van der Waals surface area contributed by atoms with Crippen molar-refractivity contribution in [3.63, 3.8) is 0 Å². The Bertz CT molecular complexity index is 1020. The highest BCUT2D eigenvalue weighted by atomic mass is 15.1. The summed E-state index contributed by atoms with van der Waals surface area (Å²) >= 11 is 0. The van der Waals surface area contributed by atoms with Crippen LogP contribution < -0.4 is 5.73 Å². The predicted molar refractivity (Wildman–Crippen MR) is 98.2 cm³/mol. The number of para-hydroxylation sites is 1. The molecule has 2 aromatic carbocycles. The standard InChI is InChI=1S/C20H18N4/c1-13-14(2)24(16-11-7-4-8-12-16)20-17(13)18(21)22-19(23-20)15-9-5-3-6-10-15/h3-12H,1-2H3,(H2,21,22,23). The number of anilines is 1. The second-order valence-electron chi connectivity index (χ2n) is 5.88. The van der Waals surface area contributed by atoms with Crippen molar-refractivity contribution in [2.75, 3.05) is 5.73 Å². The summed E-state index contributed by atoms with van der Waals surface area (Å²) in [5.74, 6) is 1.17. The second-order valence-corrected chi connectivity index (χ2v) is 5.88. The molecular weight excluding hydrogens is 296 g/mol. The Morgan fingerprint density at radius 1 is 0.833 bits per heavy atom. The first kappa shape index (κ1) is 14.5. The summed E-state index contributed by atoms with van der Waals surface area (Å²) in [6.07, 6.45) is 0. The van der Waals surface area contributed by atoms with Crippen molar-refractivity contribution in [2.24, 2.45) is 0 Å². The van der Waals surface area contributed by atoms with Gasteiger partial charge < -0.3 is 5.73 Å². The average molecular weight is 314 g/mol. The number of nitrogens with two attached hydrogens (primary N) is 1. The van der Waals surface area contributed by atoms with E-state index in [1.807, 2.05) is 48.5 Å². The normalized spacial score (nSPS) is 11.1. The Kier molecular flexibility index (Phi) is 3.31. The van der Waals surface area contributed by atoms with Gasteiger partial charge in [-0.25, -0.2) is 9.97 Å². The van der Waals surface area contributed by atoms with Crippen LogP contribution in [-0.4, -0.2) is 14.5 Å². The quantitative estimate of drug-likeness (QED) is 0.600. The van der Waals surface area contributed by atoms with Crippen LogP contribution in [0.25, 0.3) is 28.1 Å². The van der Waals surface area contributed by atoms with Gasteiger partial charge in [-0.1, -0.05) is 48.5 Å². The van der Waals surface area contributed by atoms with Crippen LogP contribution in [0.15, 0.2) is 60.7 Å². The molecule has 0 fully saturated rings. The van der Waals surface area contributed by atoms with Crippen molar-refractivity contribution in [3.8, 4) is 17.1 Å². The van der Waals surface area contributed by atoms with Gasteiger partial charge in [-0.3, -0.25) is 4.57 Å². The summed E-state index contributed by atoms with van der Waals surface area (Å²) in [4.78, 5) is 9.37. The van der Waals surface area contributed by atoms with Crippen LogP contribution >= 0.6 is 0 Å². The van der Waals surface area contributed by atoms with E-state index < -0.39 is 0 Å². The molecule has 24 heavy (non-hydrogen) atoms. The van der Waals surface area contributed by atoms with E-state index in [-0.39, 0.29) is 0 Å². The molecule has 4 rings (SSSR count). The zero-order valence-corrected chi connectivity index (χ0v) is 13.7. The van der Waals surface area contributed by atoms with Crippen LogP contribution in [0.1, 0.15) is 11.3 Å². The van der Waals surface area contributed by atoms with Gasteiger partial charge in [0.25, 0.3) is 0 Å². The minimum Gasteiger partial charge on any atom is -0.383 e. The van der Waals surface area contributed by atoms with Crippen molar-refractivity contribution < 1.29 is 0 Å². The number of rotatable bonds is 2. The molecule has 0 aliphatic carbocycles.